The van der Waals surface area contributed by atoms with E-state index < -0.39 is 6.09 Å². The average molecular weight is 208 g/mol. The second-order valence-electron chi connectivity index (χ2n) is 3.48. The minimum Gasteiger partial charge on any atom is -0.447 e. The van der Waals surface area contributed by atoms with Crippen molar-refractivity contribution in [3.8, 4) is 0 Å². The van der Waals surface area contributed by atoms with Gasteiger partial charge in [-0.15, -0.1) is 0 Å². The molecular weight excluding hydrogens is 192 g/mol. The molecule has 0 saturated carbocycles. The van der Waals surface area contributed by atoms with E-state index in [2.05, 4.69) is 5.32 Å². The maximum Gasteiger partial charge on any atom is 0.411 e. The first kappa shape index (κ1) is 11.5. The van der Waals surface area contributed by atoms with Crippen LogP contribution in [0.4, 0.5) is 10.5 Å². The standard InChI is InChI=1S/C11H16N2O2/c1-8(2)15-11(14)13-10-5-3-9(7-12)4-6-10/h3-6,8H,7,12H2,1-2H3,(H,13,14). The van der Waals surface area contributed by atoms with Gasteiger partial charge in [0.25, 0.3) is 0 Å². The van der Waals surface area contributed by atoms with E-state index in [1.165, 1.54) is 0 Å². The lowest BCUT2D eigenvalue weighted by atomic mass is 10.2. The zero-order valence-electron chi connectivity index (χ0n) is 8.99. The normalized spacial score (nSPS) is 10.1. The lowest BCUT2D eigenvalue weighted by molar-refractivity contribution is 0.130. The van der Waals surface area contributed by atoms with Crippen molar-refractivity contribution in [2.45, 2.75) is 26.5 Å². The van der Waals surface area contributed by atoms with Gasteiger partial charge in [-0.3, -0.25) is 5.32 Å². The third kappa shape index (κ3) is 3.99. The minimum atomic E-state index is -0.439. The van der Waals surface area contributed by atoms with Crippen LogP contribution in [0.5, 0.6) is 0 Å². The Balaban J connectivity index is 2.53. The Morgan fingerprint density at radius 1 is 1.40 bits per heavy atom. The highest BCUT2D eigenvalue weighted by atomic mass is 16.6. The quantitative estimate of drug-likeness (QED) is 0.799. The van der Waals surface area contributed by atoms with Gasteiger partial charge in [0, 0.05) is 12.2 Å². The summed E-state index contributed by atoms with van der Waals surface area (Å²) in [5.41, 5.74) is 7.19. The van der Waals surface area contributed by atoms with E-state index in [9.17, 15) is 4.79 Å². The molecule has 0 heterocycles. The van der Waals surface area contributed by atoms with Crippen LogP contribution in [0.3, 0.4) is 0 Å². The molecule has 4 nitrogen and oxygen atoms in total. The number of hydrogen-bond acceptors (Lipinski definition) is 3. The molecule has 1 aromatic carbocycles. The summed E-state index contributed by atoms with van der Waals surface area (Å²) in [7, 11) is 0. The Kier molecular flexibility index (Phi) is 4.12. The Labute approximate surface area is 89.4 Å². The Bertz CT molecular complexity index is 320. The van der Waals surface area contributed by atoms with Gasteiger partial charge in [0.05, 0.1) is 6.10 Å². The number of carbonyl (C=O) groups is 1. The zero-order valence-corrected chi connectivity index (χ0v) is 8.99. The van der Waals surface area contributed by atoms with E-state index in [1.807, 2.05) is 12.1 Å². The number of rotatable bonds is 3. The number of nitrogens with one attached hydrogen (secondary N) is 1. The summed E-state index contributed by atoms with van der Waals surface area (Å²) in [6.45, 7) is 4.10. The molecule has 4 heteroatoms. The molecule has 0 spiro atoms. The third-order valence-electron chi connectivity index (χ3n) is 1.78. The molecule has 1 rings (SSSR count). The van der Waals surface area contributed by atoms with Crippen molar-refractivity contribution >= 4 is 11.8 Å². The van der Waals surface area contributed by atoms with Gasteiger partial charge in [-0.2, -0.15) is 0 Å². The number of amides is 1. The monoisotopic (exact) mass is 208 g/mol. The fourth-order valence-electron chi connectivity index (χ4n) is 1.09. The number of anilines is 1. The molecule has 3 N–H and O–H groups in total. The largest absolute Gasteiger partial charge is 0.447 e. The van der Waals surface area contributed by atoms with Gasteiger partial charge in [-0.25, -0.2) is 4.79 Å². The van der Waals surface area contributed by atoms with Crippen LogP contribution >= 0.6 is 0 Å². The summed E-state index contributed by atoms with van der Waals surface area (Å²) in [5, 5.41) is 2.62. The van der Waals surface area contributed by atoms with Crippen LogP contribution in [-0.4, -0.2) is 12.2 Å². The van der Waals surface area contributed by atoms with Crippen molar-refractivity contribution in [1.82, 2.24) is 0 Å². The smallest absolute Gasteiger partial charge is 0.411 e. The topological polar surface area (TPSA) is 64.3 Å². The van der Waals surface area contributed by atoms with Gasteiger partial charge in [0.2, 0.25) is 0 Å². The van der Waals surface area contributed by atoms with E-state index in [0.717, 1.165) is 5.56 Å². The van der Waals surface area contributed by atoms with E-state index in [4.69, 9.17) is 10.5 Å². The lowest BCUT2D eigenvalue weighted by Crippen LogP contribution is -2.17. The van der Waals surface area contributed by atoms with Crippen molar-refractivity contribution in [2.75, 3.05) is 5.32 Å². The molecule has 0 aromatic heterocycles. The highest BCUT2D eigenvalue weighted by Crippen LogP contribution is 2.09. The van der Waals surface area contributed by atoms with Crippen LogP contribution in [0, 0.1) is 0 Å². The molecular formula is C11H16N2O2. The second-order valence-corrected chi connectivity index (χ2v) is 3.48. The van der Waals surface area contributed by atoms with Gasteiger partial charge < -0.3 is 10.5 Å². The molecule has 0 aliphatic heterocycles. The zero-order chi connectivity index (χ0) is 11.3. The van der Waals surface area contributed by atoms with Crippen LogP contribution in [0.2, 0.25) is 0 Å². The fourth-order valence-corrected chi connectivity index (χ4v) is 1.09. The molecule has 15 heavy (non-hydrogen) atoms. The average Bonchev–Trinajstić information content (AvgIpc) is 2.17. The summed E-state index contributed by atoms with van der Waals surface area (Å²) in [4.78, 5) is 11.2. The Hall–Kier alpha value is -1.55. The molecule has 0 radical (unpaired) electrons. The number of carbonyl (C=O) groups excluding carboxylic acids is 1. The van der Waals surface area contributed by atoms with E-state index in [-0.39, 0.29) is 6.10 Å². The van der Waals surface area contributed by atoms with Gasteiger partial charge in [-0.05, 0) is 31.5 Å². The highest BCUT2D eigenvalue weighted by Gasteiger charge is 2.04. The Morgan fingerprint density at radius 2 is 2.00 bits per heavy atom. The summed E-state index contributed by atoms with van der Waals surface area (Å²) in [6, 6.07) is 7.32. The van der Waals surface area contributed by atoms with Crippen LogP contribution in [0.15, 0.2) is 24.3 Å². The van der Waals surface area contributed by atoms with Crippen LogP contribution < -0.4 is 11.1 Å². The molecule has 1 aromatic rings. The fraction of sp³-hybridized carbons (Fsp3) is 0.364. The summed E-state index contributed by atoms with van der Waals surface area (Å²) in [5.74, 6) is 0. The van der Waals surface area contributed by atoms with Crippen molar-refractivity contribution in [3.63, 3.8) is 0 Å². The molecule has 0 saturated heterocycles. The van der Waals surface area contributed by atoms with Gasteiger partial charge in [0.1, 0.15) is 0 Å². The number of hydrogen-bond donors (Lipinski definition) is 2. The van der Waals surface area contributed by atoms with Crippen molar-refractivity contribution in [3.05, 3.63) is 29.8 Å². The molecule has 0 aliphatic rings. The molecule has 0 aliphatic carbocycles. The first-order chi connectivity index (χ1) is 7.11. The van der Waals surface area contributed by atoms with Crippen LogP contribution in [0.1, 0.15) is 19.4 Å². The summed E-state index contributed by atoms with van der Waals surface area (Å²) >= 11 is 0. The van der Waals surface area contributed by atoms with Crippen molar-refractivity contribution in [1.29, 1.82) is 0 Å². The van der Waals surface area contributed by atoms with Gasteiger partial charge in [-0.1, -0.05) is 12.1 Å². The van der Waals surface area contributed by atoms with Crippen LogP contribution in [0.25, 0.3) is 0 Å². The number of nitrogens with two attached hydrogens (primary N) is 1. The third-order valence-corrected chi connectivity index (χ3v) is 1.78. The minimum absolute atomic E-state index is 0.117. The Morgan fingerprint density at radius 3 is 2.47 bits per heavy atom. The maximum atomic E-state index is 11.2. The number of benzene rings is 1. The van der Waals surface area contributed by atoms with Gasteiger partial charge in [0.15, 0.2) is 0 Å². The number of ether oxygens (including phenoxy) is 1. The van der Waals surface area contributed by atoms with E-state index in [1.54, 1.807) is 26.0 Å². The molecule has 0 atom stereocenters. The van der Waals surface area contributed by atoms with E-state index >= 15 is 0 Å². The molecule has 82 valence electrons. The summed E-state index contributed by atoms with van der Waals surface area (Å²) in [6.07, 6.45) is -0.557. The van der Waals surface area contributed by atoms with Crippen molar-refractivity contribution in [2.24, 2.45) is 5.73 Å². The molecule has 0 fully saturated rings. The maximum absolute atomic E-state index is 11.2. The molecule has 0 bridgehead atoms. The van der Waals surface area contributed by atoms with Crippen molar-refractivity contribution < 1.29 is 9.53 Å². The SMILES string of the molecule is CC(C)OC(=O)Nc1ccc(CN)cc1. The van der Waals surface area contributed by atoms with Crippen LogP contribution in [-0.2, 0) is 11.3 Å². The van der Waals surface area contributed by atoms with Gasteiger partial charge >= 0.3 is 6.09 Å². The predicted molar refractivity (Wildman–Crippen MR) is 59.6 cm³/mol. The predicted octanol–water partition coefficient (Wildman–Crippen LogP) is 2.10. The first-order valence-corrected chi connectivity index (χ1v) is 4.88. The first-order valence-electron chi connectivity index (χ1n) is 4.88. The highest BCUT2D eigenvalue weighted by molar-refractivity contribution is 5.84. The molecule has 1 amide bonds. The molecule has 0 unspecified atom stereocenters. The second kappa shape index (κ2) is 5.36. The summed E-state index contributed by atoms with van der Waals surface area (Å²) < 4.78 is 4.94. The lowest BCUT2D eigenvalue weighted by Gasteiger charge is -2.09. The van der Waals surface area contributed by atoms with E-state index in [0.29, 0.717) is 12.2 Å².